The molecule has 0 aliphatic rings. The molecule has 0 fully saturated rings. The monoisotopic (exact) mass is 298 g/mol. The van der Waals surface area contributed by atoms with Crippen molar-refractivity contribution in [3.8, 4) is 0 Å². The molecule has 1 atom stereocenters. The van der Waals surface area contributed by atoms with E-state index in [9.17, 15) is 9.59 Å². The molecule has 22 heavy (non-hydrogen) atoms. The fourth-order valence-electron chi connectivity index (χ4n) is 1.88. The quantitative estimate of drug-likeness (QED) is 0.427. The third-order valence-corrected chi connectivity index (χ3v) is 3.10. The predicted molar refractivity (Wildman–Crippen MR) is 81.9 cm³/mol. The summed E-state index contributed by atoms with van der Waals surface area (Å²) in [7, 11) is 0. The average molecular weight is 298 g/mol. The van der Waals surface area contributed by atoms with Gasteiger partial charge in [-0.05, 0) is 11.1 Å². The van der Waals surface area contributed by atoms with Gasteiger partial charge in [-0.25, -0.2) is 0 Å². The van der Waals surface area contributed by atoms with Crippen molar-refractivity contribution in [3.63, 3.8) is 0 Å². The minimum absolute atomic E-state index is 0.0199. The smallest absolute Gasteiger partial charge is 0.318 e. The lowest BCUT2D eigenvalue weighted by molar-refractivity contribution is -0.153. The molecule has 0 bridgehead atoms. The highest BCUT2D eigenvalue weighted by atomic mass is 16.5. The Balaban J connectivity index is 1.75. The van der Waals surface area contributed by atoms with E-state index in [0.717, 1.165) is 11.1 Å². The Morgan fingerprint density at radius 3 is 2.00 bits per heavy atom. The molecule has 4 heteroatoms. The highest BCUT2D eigenvalue weighted by molar-refractivity contribution is 5.87. The van der Waals surface area contributed by atoms with Crippen molar-refractivity contribution in [2.24, 2.45) is 5.92 Å². The summed E-state index contributed by atoms with van der Waals surface area (Å²) in [5.74, 6) is -1.46. The maximum Gasteiger partial charge on any atom is 0.318 e. The van der Waals surface area contributed by atoms with Gasteiger partial charge in [0.1, 0.15) is 18.8 Å². The van der Waals surface area contributed by atoms with E-state index < -0.39 is 11.9 Å². The molecular weight excluding hydrogens is 280 g/mol. The van der Waals surface area contributed by atoms with E-state index in [1.807, 2.05) is 60.7 Å². The molecule has 114 valence electrons. The van der Waals surface area contributed by atoms with Gasteiger partial charge in [0.05, 0.1) is 13.2 Å². The van der Waals surface area contributed by atoms with Crippen molar-refractivity contribution in [3.05, 3.63) is 71.8 Å². The topological polar surface area (TPSA) is 52.6 Å². The van der Waals surface area contributed by atoms with Crippen molar-refractivity contribution >= 4 is 12.3 Å². The predicted octanol–water partition coefficient (Wildman–Crippen LogP) is 2.76. The zero-order valence-corrected chi connectivity index (χ0v) is 12.2. The van der Waals surface area contributed by atoms with E-state index >= 15 is 0 Å². The van der Waals surface area contributed by atoms with E-state index in [0.29, 0.717) is 12.9 Å². The lowest BCUT2D eigenvalue weighted by Gasteiger charge is -2.11. The highest BCUT2D eigenvalue weighted by Gasteiger charge is 2.19. The standard InChI is InChI=1S/C18H18O4/c19-11-17(14-21-12-15-7-3-1-4-8-15)18(20)22-13-16-9-5-2-6-10-16/h1-11,17H,12-14H2. The first kappa shape index (κ1) is 15.9. The zero-order valence-electron chi connectivity index (χ0n) is 12.2. The third-order valence-electron chi connectivity index (χ3n) is 3.10. The second-order valence-electron chi connectivity index (χ2n) is 4.84. The van der Waals surface area contributed by atoms with Crippen LogP contribution in [0.15, 0.2) is 60.7 Å². The molecule has 0 aliphatic heterocycles. The molecule has 0 saturated heterocycles. The van der Waals surface area contributed by atoms with Crippen LogP contribution in [0.1, 0.15) is 11.1 Å². The summed E-state index contributed by atoms with van der Waals surface area (Å²) in [5, 5.41) is 0. The normalized spacial score (nSPS) is 11.6. The van der Waals surface area contributed by atoms with Gasteiger partial charge in [-0.1, -0.05) is 60.7 Å². The molecule has 0 heterocycles. The van der Waals surface area contributed by atoms with Crippen molar-refractivity contribution in [2.45, 2.75) is 13.2 Å². The SMILES string of the molecule is O=CC(COCc1ccccc1)C(=O)OCc1ccccc1. The fraction of sp³-hybridized carbons (Fsp3) is 0.222. The number of hydrogen-bond donors (Lipinski definition) is 0. The largest absolute Gasteiger partial charge is 0.460 e. The van der Waals surface area contributed by atoms with Crippen LogP contribution in [0.4, 0.5) is 0 Å². The Morgan fingerprint density at radius 2 is 1.45 bits per heavy atom. The first-order valence-electron chi connectivity index (χ1n) is 7.07. The number of esters is 1. The lowest BCUT2D eigenvalue weighted by atomic mass is 10.2. The van der Waals surface area contributed by atoms with Crippen LogP contribution in [-0.2, 0) is 32.3 Å². The van der Waals surface area contributed by atoms with Gasteiger partial charge in [0, 0.05) is 0 Å². The van der Waals surface area contributed by atoms with Gasteiger partial charge in [-0.15, -0.1) is 0 Å². The first-order valence-corrected chi connectivity index (χ1v) is 7.07. The molecule has 0 amide bonds. The van der Waals surface area contributed by atoms with E-state index in [2.05, 4.69) is 0 Å². The van der Waals surface area contributed by atoms with Crippen LogP contribution in [0.5, 0.6) is 0 Å². The number of aldehydes is 1. The van der Waals surface area contributed by atoms with E-state index in [1.54, 1.807) is 0 Å². The number of carbonyl (C=O) groups is 2. The van der Waals surface area contributed by atoms with E-state index in [1.165, 1.54) is 0 Å². The van der Waals surface area contributed by atoms with Gasteiger partial charge in [-0.3, -0.25) is 4.79 Å². The van der Waals surface area contributed by atoms with Gasteiger partial charge in [0.15, 0.2) is 0 Å². The van der Waals surface area contributed by atoms with Gasteiger partial charge in [-0.2, -0.15) is 0 Å². The Hall–Kier alpha value is -2.46. The third kappa shape index (κ3) is 5.14. The Bertz CT molecular complexity index is 581. The van der Waals surface area contributed by atoms with Gasteiger partial charge in [0.25, 0.3) is 0 Å². The molecule has 4 nitrogen and oxygen atoms in total. The van der Waals surface area contributed by atoms with E-state index in [4.69, 9.17) is 9.47 Å². The Labute approximate surface area is 129 Å². The van der Waals surface area contributed by atoms with Crippen molar-refractivity contribution in [1.82, 2.24) is 0 Å². The molecule has 2 aromatic carbocycles. The molecule has 2 aromatic rings. The molecule has 1 unspecified atom stereocenters. The Kier molecular flexibility index (Phi) is 6.33. The average Bonchev–Trinajstić information content (AvgIpc) is 2.58. The summed E-state index contributed by atoms with van der Waals surface area (Å²) >= 11 is 0. The lowest BCUT2D eigenvalue weighted by Crippen LogP contribution is -2.24. The summed E-state index contributed by atoms with van der Waals surface area (Å²) in [6.07, 6.45) is 0.568. The summed E-state index contributed by atoms with van der Waals surface area (Å²) in [4.78, 5) is 22.9. The maximum absolute atomic E-state index is 11.9. The van der Waals surface area contributed by atoms with Crippen LogP contribution in [0.2, 0.25) is 0 Å². The van der Waals surface area contributed by atoms with Gasteiger partial charge < -0.3 is 14.3 Å². The summed E-state index contributed by atoms with van der Waals surface area (Å²) in [6.45, 7) is 0.534. The van der Waals surface area contributed by atoms with Crippen LogP contribution in [0.25, 0.3) is 0 Å². The van der Waals surface area contributed by atoms with Gasteiger partial charge >= 0.3 is 5.97 Å². The van der Waals surface area contributed by atoms with Crippen LogP contribution in [-0.4, -0.2) is 18.9 Å². The second kappa shape index (κ2) is 8.74. The molecule has 0 radical (unpaired) electrons. The molecule has 2 rings (SSSR count). The van der Waals surface area contributed by atoms with Gasteiger partial charge in [0.2, 0.25) is 0 Å². The first-order chi connectivity index (χ1) is 10.8. The molecule has 0 aliphatic carbocycles. The molecular formula is C18H18O4. The van der Waals surface area contributed by atoms with Crippen molar-refractivity contribution in [1.29, 1.82) is 0 Å². The molecule has 0 spiro atoms. The number of ether oxygens (including phenoxy) is 2. The number of carbonyl (C=O) groups excluding carboxylic acids is 2. The molecule has 0 N–H and O–H groups in total. The second-order valence-corrected chi connectivity index (χ2v) is 4.84. The number of rotatable bonds is 8. The fourth-order valence-corrected chi connectivity index (χ4v) is 1.88. The van der Waals surface area contributed by atoms with E-state index in [-0.39, 0.29) is 13.2 Å². The number of hydrogen-bond acceptors (Lipinski definition) is 4. The maximum atomic E-state index is 11.9. The zero-order chi connectivity index (χ0) is 15.6. The minimum atomic E-state index is -0.896. The van der Waals surface area contributed by atoms with Crippen molar-refractivity contribution in [2.75, 3.05) is 6.61 Å². The van der Waals surface area contributed by atoms with Crippen LogP contribution in [0.3, 0.4) is 0 Å². The molecule has 0 aromatic heterocycles. The number of benzene rings is 2. The summed E-state index contributed by atoms with van der Waals surface area (Å²) < 4.78 is 10.5. The van der Waals surface area contributed by atoms with Crippen molar-refractivity contribution < 1.29 is 19.1 Å². The minimum Gasteiger partial charge on any atom is -0.460 e. The summed E-state index contributed by atoms with van der Waals surface area (Å²) in [5.41, 5.74) is 1.87. The molecule has 0 saturated carbocycles. The van der Waals surface area contributed by atoms with Crippen LogP contribution in [0, 0.1) is 5.92 Å². The highest BCUT2D eigenvalue weighted by Crippen LogP contribution is 2.06. The summed E-state index contributed by atoms with van der Waals surface area (Å²) in [6, 6.07) is 18.9. The van der Waals surface area contributed by atoms with Crippen LogP contribution < -0.4 is 0 Å². The van der Waals surface area contributed by atoms with Crippen LogP contribution >= 0.6 is 0 Å². The Morgan fingerprint density at radius 1 is 0.909 bits per heavy atom.